The molecule has 12 heavy (non-hydrogen) atoms. The lowest BCUT2D eigenvalue weighted by atomic mass is 10.1. The molecule has 0 bridgehead atoms. The molecule has 0 aromatic heterocycles. The van der Waals surface area contributed by atoms with Gasteiger partial charge in [0.15, 0.2) is 11.6 Å². The van der Waals surface area contributed by atoms with E-state index in [4.69, 9.17) is 10.4 Å². The van der Waals surface area contributed by atoms with E-state index in [2.05, 4.69) is 15.9 Å². The number of halogens is 2. The minimum absolute atomic E-state index is 0.0350. The van der Waals surface area contributed by atoms with Crippen LogP contribution in [0.4, 0.5) is 4.39 Å². The molecule has 1 aromatic rings. The van der Waals surface area contributed by atoms with E-state index >= 15 is 0 Å². The second-order valence-corrected chi connectivity index (χ2v) is 3.06. The number of nitriles is 1. The monoisotopic (exact) mass is 229 g/mol. The summed E-state index contributed by atoms with van der Waals surface area (Å²) in [5, 5.41) is 17.4. The van der Waals surface area contributed by atoms with Gasteiger partial charge >= 0.3 is 0 Å². The molecule has 1 N–H and O–H groups in total. The Kier molecular flexibility index (Phi) is 2.66. The van der Waals surface area contributed by atoms with Gasteiger partial charge in [0.1, 0.15) is 0 Å². The lowest BCUT2D eigenvalue weighted by Gasteiger charge is -2.01. The van der Waals surface area contributed by atoms with Crippen LogP contribution in [0, 0.1) is 17.1 Å². The molecule has 0 spiro atoms. The Morgan fingerprint density at radius 2 is 2.25 bits per heavy atom. The second kappa shape index (κ2) is 3.55. The standard InChI is InChI=1S/C8H5BrFNO/c9-6-2-1-5(3-4-11)7(10)8(6)12/h1-2,12H,3H2. The summed E-state index contributed by atoms with van der Waals surface area (Å²) < 4.78 is 13.3. The third-order valence-corrected chi connectivity index (χ3v) is 2.06. The molecule has 2 nitrogen and oxygen atoms in total. The molecule has 0 saturated heterocycles. The number of nitrogens with zero attached hydrogens (tertiary/aromatic N) is 1. The SMILES string of the molecule is N#CCc1ccc(Br)c(O)c1F. The molecule has 1 rings (SSSR count). The molecule has 0 aliphatic heterocycles. The first-order valence-electron chi connectivity index (χ1n) is 3.19. The number of rotatable bonds is 1. The van der Waals surface area contributed by atoms with Crippen molar-refractivity contribution in [3.05, 3.63) is 28.0 Å². The summed E-state index contributed by atoms with van der Waals surface area (Å²) in [4.78, 5) is 0. The highest BCUT2D eigenvalue weighted by Gasteiger charge is 2.09. The molecule has 0 atom stereocenters. The Bertz CT molecular complexity index is 346. The van der Waals surface area contributed by atoms with Gasteiger partial charge in [-0.1, -0.05) is 6.07 Å². The maximum Gasteiger partial charge on any atom is 0.170 e. The van der Waals surface area contributed by atoms with Gasteiger partial charge in [-0.3, -0.25) is 0 Å². The first-order chi connectivity index (χ1) is 5.66. The number of hydrogen-bond acceptors (Lipinski definition) is 2. The van der Waals surface area contributed by atoms with Crippen LogP contribution < -0.4 is 0 Å². The van der Waals surface area contributed by atoms with E-state index in [1.165, 1.54) is 12.1 Å². The van der Waals surface area contributed by atoms with Crippen molar-refractivity contribution in [3.63, 3.8) is 0 Å². The predicted molar refractivity (Wildman–Crippen MR) is 45.1 cm³/mol. The average molecular weight is 230 g/mol. The van der Waals surface area contributed by atoms with E-state index < -0.39 is 11.6 Å². The topological polar surface area (TPSA) is 44.0 Å². The molecule has 0 aliphatic carbocycles. The van der Waals surface area contributed by atoms with Crippen molar-refractivity contribution in [2.24, 2.45) is 0 Å². The Morgan fingerprint density at radius 3 is 2.83 bits per heavy atom. The fraction of sp³-hybridized carbons (Fsp3) is 0.125. The molecule has 1 aromatic carbocycles. The van der Waals surface area contributed by atoms with Gasteiger partial charge in [-0.15, -0.1) is 0 Å². The minimum Gasteiger partial charge on any atom is -0.504 e. The average Bonchev–Trinajstić information content (AvgIpc) is 2.07. The summed E-state index contributed by atoms with van der Waals surface area (Å²) in [5.74, 6) is -1.17. The third-order valence-electron chi connectivity index (χ3n) is 1.42. The number of hydrogen-bond donors (Lipinski definition) is 1. The van der Waals surface area contributed by atoms with Gasteiger partial charge in [-0.2, -0.15) is 5.26 Å². The molecule has 0 amide bonds. The van der Waals surface area contributed by atoms with Crippen molar-refractivity contribution in [1.29, 1.82) is 5.26 Å². The van der Waals surface area contributed by atoms with Gasteiger partial charge in [0, 0.05) is 5.56 Å². The van der Waals surface area contributed by atoms with Gasteiger partial charge in [0.05, 0.1) is 17.0 Å². The zero-order valence-electron chi connectivity index (χ0n) is 6.01. The van der Waals surface area contributed by atoms with Crippen LogP contribution in [0.15, 0.2) is 16.6 Å². The highest BCUT2D eigenvalue weighted by molar-refractivity contribution is 9.10. The van der Waals surface area contributed by atoms with E-state index in [0.29, 0.717) is 4.47 Å². The zero-order chi connectivity index (χ0) is 9.14. The van der Waals surface area contributed by atoms with Crippen molar-refractivity contribution < 1.29 is 9.50 Å². The van der Waals surface area contributed by atoms with Gasteiger partial charge in [0.2, 0.25) is 0 Å². The molecule has 4 heteroatoms. The van der Waals surface area contributed by atoms with Crippen molar-refractivity contribution >= 4 is 15.9 Å². The number of phenolic OH excluding ortho intramolecular Hbond substituents is 1. The maximum absolute atomic E-state index is 13.0. The van der Waals surface area contributed by atoms with Crippen LogP contribution in [0.5, 0.6) is 5.75 Å². The van der Waals surface area contributed by atoms with Gasteiger partial charge < -0.3 is 5.11 Å². The highest BCUT2D eigenvalue weighted by atomic mass is 79.9. The molecule has 62 valence electrons. The van der Waals surface area contributed by atoms with Gasteiger partial charge in [0.25, 0.3) is 0 Å². The first kappa shape index (κ1) is 9.01. The third kappa shape index (κ3) is 1.56. The van der Waals surface area contributed by atoms with Crippen LogP contribution in [-0.2, 0) is 6.42 Å². The number of benzene rings is 1. The molecule has 0 radical (unpaired) electrons. The van der Waals surface area contributed by atoms with Gasteiger partial charge in [-0.25, -0.2) is 4.39 Å². The first-order valence-corrected chi connectivity index (χ1v) is 3.99. The Hall–Kier alpha value is -1.08. The second-order valence-electron chi connectivity index (χ2n) is 2.20. The van der Waals surface area contributed by atoms with Crippen LogP contribution in [0.25, 0.3) is 0 Å². The molecule has 0 unspecified atom stereocenters. The lowest BCUT2D eigenvalue weighted by molar-refractivity contribution is 0.426. The van der Waals surface area contributed by atoms with Crippen LogP contribution in [-0.4, -0.2) is 5.11 Å². The zero-order valence-corrected chi connectivity index (χ0v) is 7.60. The van der Waals surface area contributed by atoms with E-state index in [1.807, 2.05) is 0 Å². The van der Waals surface area contributed by atoms with E-state index in [0.717, 1.165) is 0 Å². The fourth-order valence-corrected chi connectivity index (χ4v) is 1.11. The highest BCUT2D eigenvalue weighted by Crippen LogP contribution is 2.28. The number of phenols is 1. The van der Waals surface area contributed by atoms with Crippen molar-refractivity contribution in [2.75, 3.05) is 0 Å². The van der Waals surface area contributed by atoms with Crippen LogP contribution in [0.3, 0.4) is 0 Å². The van der Waals surface area contributed by atoms with Crippen molar-refractivity contribution in [2.45, 2.75) is 6.42 Å². The maximum atomic E-state index is 13.0. The Balaban J connectivity index is 3.19. The van der Waals surface area contributed by atoms with Crippen molar-refractivity contribution in [3.8, 4) is 11.8 Å². The largest absolute Gasteiger partial charge is 0.504 e. The summed E-state index contributed by atoms with van der Waals surface area (Å²) >= 11 is 2.96. The van der Waals surface area contributed by atoms with Crippen molar-refractivity contribution in [1.82, 2.24) is 0 Å². The number of aromatic hydroxyl groups is 1. The fourth-order valence-electron chi connectivity index (χ4n) is 0.804. The van der Waals surface area contributed by atoms with Crippen LogP contribution in [0.2, 0.25) is 0 Å². The van der Waals surface area contributed by atoms with E-state index in [1.54, 1.807) is 6.07 Å². The lowest BCUT2D eigenvalue weighted by Crippen LogP contribution is -1.89. The summed E-state index contributed by atoms with van der Waals surface area (Å²) in [7, 11) is 0. The molecule has 0 fully saturated rings. The molecular formula is C8H5BrFNO. The Labute approximate surface area is 77.4 Å². The van der Waals surface area contributed by atoms with Crippen LogP contribution >= 0.6 is 15.9 Å². The minimum atomic E-state index is -0.731. The quantitative estimate of drug-likeness (QED) is 0.804. The van der Waals surface area contributed by atoms with E-state index in [9.17, 15) is 4.39 Å². The van der Waals surface area contributed by atoms with Crippen LogP contribution in [0.1, 0.15) is 5.56 Å². The molecule has 0 heterocycles. The summed E-state index contributed by atoms with van der Waals surface area (Å²) in [6.45, 7) is 0. The Morgan fingerprint density at radius 1 is 1.58 bits per heavy atom. The summed E-state index contributed by atoms with van der Waals surface area (Å²) in [5.41, 5.74) is 0.207. The van der Waals surface area contributed by atoms with E-state index in [-0.39, 0.29) is 12.0 Å². The molecule has 0 saturated carbocycles. The summed E-state index contributed by atoms with van der Waals surface area (Å²) in [6, 6.07) is 4.77. The normalized spacial score (nSPS) is 9.42. The summed E-state index contributed by atoms with van der Waals surface area (Å²) in [6.07, 6.45) is -0.0350. The molecule has 0 aliphatic rings. The van der Waals surface area contributed by atoms with Gasteiger partial charge in [-0.05, 0) is 22.0 Å². The smallest absolute Gasteiger partial charge is 0.170 e. The molecular weight excluding hydrogens is 225 g/mol. The predicted octanol–water partition coefficient (Wildman–Crippen LogP) is 2.36.